The summed E-state index contributed by atoms with van der Waals surface area (Å²) >= 11 is 0. The maximum Gasteiger partial charge on any atom is 0.119 e. The van der Waals surface area contributed by atoms with Crippen molar-refractivity contribution in [3.05, 3.63) is 29.8 Å². The first-order valence-electron chi connectivity index (χ1n) is 7.25. The summed E-state index contributed by atoms with van der Waals surface area (Å²) < 4.78 is 11.2. The van der Waals surface area contributed by atoms with Gasteiger partial charge in [-0.25, -0.2) is 0 Å². The minimum absolute atomic E-state index is 0.606. The zero-order valence-corrected chi connectivity index (χ0v) is 12.2. The molecule has 1 aromatic carbocycles. The summed E-state index contributed by atoms with van der Waals surface area (Å²) in [4.78, 5) is 0. The molecular weight excluding hydrogens is 238 g/mol. The van der Waals surface area contributed by atoms with Gasteiger partial charge in [0.25, 0.3) is 0 Å². The van der Waals surface area contributed by atoms with Crippen LogP contribution in [0.15, 0.2) is 24.3 Å². The molecule has 3 nitrogen and oxygen atoms in total. The molecule has 108 valence electrons. The SMILES string of the molecule is CCCC(C)COCCOc1ccc(CCN)cc1. The molecule has 0 amide bonds. The lowest BCUT2D eigenvalue weighted by atomic mass is 10.1. The van der Waals surface area contributed by atoms with Crippen LogP contribution in [-0.4, -0.2) is 26.4 Å². The number of ether oxygens (including phenoxy) is 2. The van der Waals surface area contributed by atoms with Crippen molar-refractivity contribution in [2.75, 3.05) is 26.4 Å². The highest BCUT2D eigenvalue weighted by Crippen LogP contribution is 2.12. The van der Waals surface area contributed by atoms with Gasteiger partial charge in [-0.15, -0.1) is 0 Å². The summed E-state index contributed by atoms with van der Waals surface area (Å²) in [5.74, 6) is 1.53. The molecule has 0 aromatic heterocycles. The maximum atomic E-state index is 5.62. The molecular formula is C16H27NO2. The standard InChI is InChI=1S/C16H27NO2/c1-3-4-14(2)13-18-11-12-19-16-7-5-15(6-8-16)9-10-17/h5-8,14H,3-4,9-13,17H2,1-2H3. The fraction of sp³-hybridized carbons (Fsp3) is 0.625. The van der Waals surface area contributed by atoms with Gasteiger partial charge in [-0.2, -0.15) is 0 Å². The molecule has 1 unspecified atom stereocenters. The molecule has 19 heavy (non-hydrogen) atoms. The van der Waals surface area contributed by atoms with Crippen LogP contribution in [0.1, 0.15) is 32.3 Å². The van der Waals surface area contributed by atoms with Gasteiger partial charge in [0.2, 0.25) is 0 Å². The van der Waals surface area contributed by atoms with Gasteiger partial charge in [0, 0.05) is 6.61 Å². The van der Waals surface area contributed by atoms with E-state index in [-0.39, 0.29) is 0 Å². The molecule has 0 heterocycles. The molecule has 0 fully saturated rings. The van der Waals surface area contributed by atoms with Gasteiger partial charge in [-0.1, -0.05) is 32.4 Å². The van der Waals surface area contributed by atoms with Gasteiger partial charge in [0.15, 0.2) is 0 Å². The zero-order valence-electron chi connectivity index (χ0n) is 12.2. The monoisotopic (exact) mass is 265 g/mol. The van der Waals surface area contributed by atoms with E-state index in [1.165, 1.54) is 18.4 Å². The minimum atomic E-state index is 0.606. The summed E-state index contributed by atoms with van der Waals surface area (Å²) in [6.07, 6.45) is 3.36. The van der Waals surface area contributed by atoms with Crippen LogP contribution in [0.25, 0.3) is 0 Å². The Kier molecular flexibility index (Phi) is 8.26. The minimum Gasteiger partial charge on any atom is -0.491 e. The molecule has 0 radical (unpaired) electrons. The van der Waals surface area contributed by atoms with E-state index in [0.717, 1.165) is 18.8 Å². The van der Waals surface area contributed by atoms with Crippen molar-refractivity contribution in [1.82, 2.24) is 0 Å². The average Bonchev–Trinajstić information content (AvgIpc) is 2.41. The zero-order chi connectivity index (χ0) is 13.9. The van der Waals surface area contributed by atoms with Crippen LogP contribution in [0.5, 0.6) is 5.75 Å². The third kappa shape index (κ3) is 7.19. The van der Waals surface area contributed by atoms with E-state index in [0.29, 0.717) is 25.7 Å². The molecule has 0 saturated heterocycles. The topological polar surface area (TPSA) is 44.5 Å². The lowest BCUT2D eigenvalue weighted by Crippen LogP contribution is -2.11. The van der Waals surface area contributed by atoms with Crippen molar-refractivity contribution in [3.63, 3.8) is 0 Å². The molecule has 0 aliphatic heterocycles. The highest BCUT2D eigenvalue weighted by molar-refractivity contribution is 5.27. The average molecular weight is 265 g/mol. The van der Waals surface area contributed by atoms with E-state index in [1.54, 1.807) is 0 Å². The predicted octanol–water partition coefficient (Wildman–Crippen LogP) is 3.02. The number of rotatable bonds is 10. The summed E-state index contributed by atoms with van der Waals surface area (Å²) in [6, 6.07) is 8.11. The molecule has 0 spiro atoms. The third-order valence-electron chi connectivity index (χ3n) is 3.04. The van der Waals surface area contributed by atoms with Crippen LogP contribution in [-0.2, 0) is 11.2 Å². The van der Waals surface area contributed by atoms with Crippen molar-refractivity contribution in [2.24, 2.45) is 11.7 Å². The maximum absolute atomic E-state index is 5.62. The van der Waals surface area contributed by atoms with Crippen molar-refractivity contribution < 1.29 is 9.47 Å². The second-order valence-electron chi connectivity index (χ2n) is 5.00. The first-order valence-corrected chi connectivity index (χ1v) is 7.25. The van der Waals surface area contributed by atoms with Gasteiger partial charge >= 0.3 is 0 Å². The molecule has 3 heteroatoms. The Bertz CT molecular complexity index is 324. The summed E-state index contributed by atoms with van der Waals surface area (Å²) in [7, 11) is 0. The number of hydrogen-bond donors (Lipinski definition) is 1. The Labute approximate surface area is 117 Å². The van der Waals surface area contributed by atoms with Crippen LogP contribution in [0.2, 0.25) is 0 Å². The number of benzene rings is 1. The van der Waals surface area contributed by atoms with Crippen LogP contribution >= 0.6 is 0 Å². The number of hydrogen-bond acceptors (Lipinski definition) is 3. The Balaban J connectivity index is 2.12. The number of nitrogens with two attached hydrogens (primary N) is 1. The van der Waals surface area contributed by atoms with Gasteiger partial charge in [0.1, 0.15) is 12.4 Å². The lowest BCUT2D eigenvalue weighted by Gasteiger charge is -2.11. The van der Waals surface area contributed by atoms with E-state index in [4.69, 9.17) is 15.2 Å². The lowest BCUT2D eigenvalue weighted by molar-refractivity contribution is 0.0758. The molecule has 1 aromatic rings. The van der Waals surface area contributed by atoms with Gasteiger partial charge in [-0.05, 0) is 43.0 Å². The molecule has 2 N–H and O–H groups in total. The summed E-state index contributed by atoms with van der Waals surface area (Å²) in [5.41, 5.74) is 6.76. The highest BCUT2D eigenvalue weighted by Gasteiger charge is 2.00. The molecule has 0 bridgehead atoms. The van der Waals surface area contributed by atoms with E-state index in [9.17, 15) is 0 Å². The third-order valence-corrected chi connectivity index (χ3v) is 3.04. The summed E-state index contributed by atoms with van der Waals surface area (Å²) in [6.45, 7) is 7.19. The van der Waals surface area contributed by atoms with Crippen LogP contribution in [0.3, 0.4) is 0 Å². The largest absolute Gasteiger partial charge is 0.491 e. The molecule has 1 atom stereocenters. The fourth-order valence-electron chi connectivity index (χ4n) is 2.00. The van der Waals surface area contributed by atoms with Crippen molar-refractivity contribution in [2.45, 2.75) is 33.1 Å². The fourth-order valence-corrected chi connectivity index (χ4v) is 2.00. The van der Waals surface area contributed by atoms with Crippen molar-refractivity contribution in [3.8, 4) is 5.75 Å². The van der Waals surface area contributed by atoms with E-state index < -0.39 is 0 Å². The van der Waals surface area contributed by atoms with E-state index in [2.05, 4.69) is 26.0 Å². The molecule has 0 aliphatic carbocycles. The van der Waals surface area contributed by atoms with Crippen LogP contribution < -0.4 is 10.5 Å². The second kappa shape index (κ2) is 9.82. The predicted molar refractivity (Wildman–Crippen MR) is 79.6 cm³/mol. The second-order valence-corrected chi connectivity index (χ2v) is 5.00. The Morgan fingerprint density at radius 2 is 1.89 bits per heavy atom. The summed E-state index contributed by atoms with van der Waals surface area (Å²) in [5, 5.41) is 0. The van der Waals surface area contributed by atoms with E-state index in [1.807, 2.05) is 12.1 Å². The Morgan fingerprint density at radius 3 is 2.53 bits per heavy atom. The first-order chi connectivity index (χ1) is 9.26. The quantitative estimate of drug-likeness (QED) is 0.661. The van der Waals surface area contributed by atoms with Crippen molar-refractivity contribution >= 4 is 0 Å². The van der Waals surface area contributed by atoms with Crippen LogP contribution in [0, 0.1) is 5.92 Å². The molecule has 0 aliphatic rings. The van der Waals surface area contributed by atoms with E-state index >= 15 is 0 Å². The first kappa shape index (κ1) is 16.0. The Morgan fingerprint density at radius 1 is 1.16 bits per heavy atom. The Hall–Kier alpha value is -1.06. The van der Waals surface area contributed by atoms with Gasteiger partial charge < -0.3 is 15.2 Å². The highest BCUT2D eigenvalue weighted by atomic mass is 16.5. The van der Waals surface area contributed by atoms with Crippen molar-refractivity contribution in [1.29, 1.82) is 0 Å². The normalized spacial score (nSPS) is 12.4. The molecule has 0 saturated carbocycles. The van der Waals surface area contributed by atoms with Crippen LogP contribution in [0.4, 0.5) is 0 Å². The molecule has 1 rings (SSSR count). The van der Waals surface area contributed by atoms with Gasteiger partial charge in [-0.3, -0.25) is 0 Å². The smallest absolute Gasteiger partial charge is 0.119 e. The van der Waals surface area contributed by atoms with Gasteiger partial charge in [0.05, 0.1) is 6.61 Å².